The summed E-state index contributed by atoms with van der Waals surface area (Å²) in [4.78, 5) is 12.9. The summed E-state index contributed by atoms with van der Waals surface area (Å²) < 4.78 is 40.4. The van der Waals surface area contributed by atoms with Crippen molar-refractivity contribution in [3.63, 3.8) is 0 Å². The van der Waals surface area contributed by atoms with E-state index in [2.05, 4.69) is 5.32 Å². The van der Waals surface area contributed by atoms with Crippen molar-refractivity contribution in [2.24, 2.45) is 5.92 Å². The highest BCUT2D eigenvalue weighted by atomic mass is 32.2. The largest absolute Gasteiger partial charge is 0.497 e. The number of hydrogen-bond acceptors (Lipinski definition) is 5. The standard InChI is InChI=1S/C24H33N3O5S/c1-4-27(21-12-14-22(31-3)15-13-21)33(29,30)26-16-8-10-20(18-26)24(28)25-17-19-9-6-7-11-23(19)32-5-2/h6-7,9,11-15,20H,4-5,8,10,16-18H2,1-3H3,(H,25,28)/t20-/m0/s1. The molecular formula is C24H33N3O5S. The first-order valence-corrected chi connectivity index (χ1v) is 12.7. The fourth-order valence-corrected chi connectivity index (χ4v) is 5.73. The third kappa shape index (κ3) is 5.97. The molecule has 0 aromatic heterocycles. The Labute approximate surface area is 196 Å². The molecule has 1 heterocycles. The van der Waals surface area contributed by atoms with E-state index in [9.17, 15) is 13.2 Å². The second kappa shape index (κ2) is 11.4. The number of carbonyl (C=O) groups excluding carboxylic acids is 1. The van der Waals surface area contributed by atoms with Gasteiger partial charge in [-0.1, -0.05) is 18.2 Å². The summed E-state index contributed by atoms with van der Waals surface area (Å²) in [5.74, 6) is 0.857. The Balaban J connectivity index is 1.67. The molecular weight excluding hydrogens is 442 g/mol. The lowest BCUT2D eigenvalue weighted by Gasteiger charge is -2.35. The van der Waals surface area contributed by atoms with Crippen molar-refractivity contribution in [3.05, 3.63) is 54.1 Å². The Morgan fingerprint density at radius 1 is 1.15 bits per heavy atom. The van der Waals surface area contributed by atoms with Crippen molar-refractivity contribution in [2.75, 3.05) is 37.7 Å². The van der Waals surface area contributed by atoms with Crippen molar-refractivity contribution in [2.45, 2.75) is 33.2 Å². The van der Waals surface area contributed by atoms with Gasteiger partial charge in [-0.3, -0.25) is 9.10 Å². The van der Waals surface area contributed by atoms with Crippen LogP contribution in [-0.4, -0.2) is 52.0 Å². The lowest BCUT2D eigenvalue weighted by molar-refractivity contribution is -0.126. The van der Waals surface area contributed by atoms with Crippen LogP contribution < -0.4 is 19.1 Å². The van der Waals surface area contributed by atoms with Crippen LogP contribution in [0.25, 0.3) is 0 Å². The summed E-state index contributed by atoms with van der Waals surface area (Å²) in [7, 11) is -2.20. The van der Waals surface area contributed by atoms with Crippen molar-refractivity contribution < 1.29 is 22.7 Å². The maximum atomic E-state index is 13.4. The number of anilines is 1. The summed E-state index contributed by atoms with van der Waals surface area (Å²) in [5.41, 5.74) is 1.46. The Bertz CT molecular complexity index is 1030. The van der Waals surface area contributed by atoms with Gasteiger partial charge in [-0.05, 0) is 57.0 Å². The molecule has 0 spiro atoms. The summed E-state index contributed by atoms with van der Waals surface area (Å²) >= 11 is 0. The second-order valence-electron chi connectivity index (χ2n) is 7.83. The molecule has 1 N–H and O–H groups in total. The molecule has 2 aromatic rings. The molecule has 9 heteroatoms. The molecule has 0 unspecified atom stereocenters. The van der Waals surface area contributed by atoms with Gasteiger partial charge in [-0.25, -0.2) is 0 Å². The van der Waals surface area contributed by atoms with Crippen LogP contribution in [0.15, 0.2) is 48.5 Å². The molecule has 0 bridgehead atoms. The maximum absolute atomic E-state index is 13.4. The molecule has 1 amide bonds. The summed E-state index contributed by atoms with van der Waals surface area (Å²) in [6.07, 6.45) is 1.28. The normalized spacial score (nSPS) is 16.8. The van der Waals surface area contributed by atoms with Gasteiger partial charge in [0.1, 0.15) is 11.5 Å². The quantitative estimate of drug-likeness (QED) is 0.570. The predicted octanol–water partition coefficient (Wildman–Crippen LogP) is 3.19. The lowest BCUT2D eigenvalue weighted by Crippen LogP contribution is -2.50. The van der Waals surface area contributed by atoms with Gasteiger partial charge in [0.25, 0.3) is 0 Å². The van der Waals surface area contributed by atoms with Gasteiger partial charge in [-0.15, -0.1) is 0 Å². The SMILES string of the molecule is CCOc1ccccc1CNC(=O)[C@H]1CCCN(S(=O)(=O)N(CC)c2ccc(OC)cc2)C1. The third-order valence-electron chi connectivity index (χ3n) is 5.73. The van der Waals surface area contributed by atoms with Gasteiger partial charge in [0.05, 0.1) is 25.3 Å². The van der Waals surface area contributed by atoms with Crippen LogP contribution in [-0.2, 0) is 21.5 Å². The van der Waals surface area contributed by atoms with E-state index >= 15 is 0 Å². The minimum atomic E-state index is -3.77. The Hall–Kier alpha value is -2.78. The number of hydrogen-bond donors (Lipinski definition) is 1. The molecule has 8 nitrogen and oxygen atoms in total. The molecule has 0 saturated carbocycles. The minimum Gasteiger partial charge on any atom is -0.497 e. The van der Waals surface area contributed by atoms with E-state index in [-0.39, 0.29) is 19.0 Å². The maximum Gasteiger partial charge on any atom is 0.304 e. The highest BCUT2D eigenvalue weighted by molar-refractivity contribution is 7.90. The number of benzene rings is 2. The third-order valence-corrected chi connectivity index (χ3v) is 7.74. The molecule has 180 valence electrons. The van der Waals surface area contributed by atoms with Crippen LogP contribution in [0.5, 0.6) is 11.5 Å². The van der Waals surface area contributed by atoms with Crippen LogP contribution >= 0.6 is 0 Å². The molecule has 1 aliphatic heterocycles. The molecule has 0 aliphatic carbocycles. The summed E-state index contributed by atoms with van der Waals surface area (Å²) in [5, 5.41) is 2.96. The van der Waals surface area contributed by atoms with Crippen LogP contribution in [0.4, 0.5) is 5.69 Å². The van der Waals surface area contributed by atoms with Crippen LogP contribution in [0, 0.1) is 5.92 Å². The number of nitrogens with one attached hydrogen (secondary N) is 1. The number of methoxy groups -OCH3 is 1. The number of piperidine rings is 1. The van der Waals surface area contributed by atoms with Crippen molar-refractivity contribution in [3.8, 4) is 11.5 Å². The number of para-hydroxylation sites is 1. The van der Waals surface area contributed by atoms with E-state index in [1.165, 1.54) is 8.61 Å². The molecule has 3 rings (SSSR count). The van der Waals surface area contributed by atoms with E-state index in [0.29, 0.717) is 44.0 Å². The lowest BCUT2D eigenvalue weighted by atomic mass is 9.98. The molecule has 2 aromatic carbocycles. The fraction of sp³-hybridized carbons (Fsp3) is 0.458. The Kier molecular flexibility index (Phi) is 8.57. The average Bonchev–Trinajstić information content (AvgIpc) is 2.84. The number of nitrogens with zero attached hydrogens (tertiary/aromatic N) is 2. The van der Waals surface area contributed by atoms with Gasteiger partial charge in [0.2, 0.25) is 5.91 Å². The van der Waals surface area contributed by atoms with Gasteiger partial charge in [-0.2, -0.15) is 12.7 Å². The number of carbonyl (C=O) groups is 1. The molecule has 1 fully saturated rings. The summed E-state index contributed by atoms with van der Waals surface area (Å²) in [6.45, 7) is 5.44. The first-order chi connectivity index (χ1) is 15.9. The molecule has 1 atom stereocenters. The van der Waals surface area contributed by atoms with Gasteiger partial charge in [0, 0.05) is 31.7 Å². The van der Waals surface area contributed by atoms with Gasteiger partial charge in [0.15, 0.2) is 0 Å². The fourth-order valence-electron chi connectivity index (χ4n) is 4.01. The molecule has 0 radical (unpaired) electrons. The van der Waals surface area contributed by atoms with Gasteiger partial charge >= 0.3 is 10.2 Å². The zero-order chi connectivity index (χ0) is 23.8. The highest BCUT2D eigenvalue weighted by Gasteiger charge is 2.35. The van der Waals surface area contributed by atoms with E-state index in [1.807, 2.05) is 31.2 Å². The molecule has 1 saturated heterocycles. The van der Waals surface area contributed by atoms with Gasteiger partial charge < -0.3 is 14.8 Å². The van der Waals surface area contributed by atoms with Crippen molar-refractivity contribution >= 4 is 21.8 Å². The zero-order valence-corrected chi connectivity index (χ0v) is 20.3. The van der Waals surface area contributed by atoms with E-state index in [4.69, 9.17) is 9.47 Å². The van der Waals surface area contributed by atoms with Crippen LogP contribution in [0.1, 0.15) is 32.3 Å². The first-order valence-electron chi connectivity index (χ1n) is 11.3. The second-order valence-corrected chi connectivity index (χ2v) is 9.68. The van der Waals surface area contributed by atoms with Crippen molar-refractivity contribution in [1.82, 2.24) is 9.62 Å². The Morgan fingerprint density at radius 3 is 2.55 bits per heavy atom. The van der Waals surface area contributed by atoms with E-state index in [0.717, 1.165) is 11.3 Å². The zero-order valence-electron chi connectivity index (χ0n) is 19.5. The summed E-state index contributed by atoms with van der Waals surface area (Å²) in [6, 6.07) is 14.5. The highest BCUT2D eigenvalue weighted by Crippen LogP contribution is 2.27. The number of amides is 1. The Morgan fingerprint density at radius 2 is 1.88 bits per heavy atom. The predicted molar refractivity (Wildman–Crippen MR) is 129 cm³/mol. The topological polar surface area (TPSA) is 88.2 Å². The number of rotatable bonds is 10. The monoisotopic (exact) mass is 475 g/mol. The molecule has 1 aliphatic rings. The number of ether oxygens (including phenoxy) is 2. The van der Waals surface area contributed by atoms with Crippen molar-refractivity contribution in [1.29, 1.82) is 0 Å². The smallest absolute Gasteiger partial charge is 0.304 e. The van der Waals surface area contributed by atoms with Crippen LogP contribution in [0.2, 0.25) is 0 Å². The van der Waals surface area contributed by atoms with E-state index < -0.39 is 16.1 Å². The average molecular weight is 476 g/mol. The van der Waals surface area contributed by atoms with Crippen LogP contribution in [0.3, 0.4) is 0 Å². The van der Waals surface area contributed by atoms with E-state index in [1.54, 1.807) is 38.3 Å². The molecule has 33 heavy (non-hydrogen) atoms. The minimum absolute atomic E-state index is 0.145. The first kappa shape index (κ1) is 24.9.